The van der Waals surface area contributed by atoms with E-state index in [1.165, 1.54) is 5.56 Å². The molecular formula is C20H25N3O2. The van der Waals surface area contributed by atoms with E-state index in [2.05, 4.69) is 30.4 Å². The van der Waals surface area contributed by atoms with Gasteiger partial charge in [0, 0.05) is 23.7 Å². The number of aryl methyl sites for hydroxylation is 1. The summed E-state index contributed by atoms with van der Waals surface area (Å²) in [4.78, 5) is 11.7. The number of rotatable bonds is 5. The summed E-state index contributed by atoms with van der Waals surface area (Å²) < 4.78 is 7.46. The highest BCUT2D eigenvalue weighted by atomic mass is 16.6. The molecule has 0 saturated heterocycles. The van der Waals surface area contributed by atoms with Gasteiger partial charge in [0.2, 0.25) is 0 Å². The van der Waals surface area contributed by atoms with E-state index in [1.807, 2.05) is 42.8 Å². The van der Waals surface area contributed by atoms with Gasteiger partial charge in [-0.15, -0.1) is 0 Å². The second-order valence-corrected chi connectivity index (χ2v) is 6.43. The van der Waals surface area contributed by atoms with E-state index in [0.29, 0.717) is 6.54 Å². The SMILES string of the molecule is CCCNC(=O)O[C@@H]1C=C[C@H](c2c(C)nn(-c3ccccc3)c2C)C1. The number of para-hydroxylation sites is 1. The lowest BCUT2D eigenvalue weighted by atomic mass is 9.96. The average Bonchev–Trinajstić information content (AvgIpc) is 3.17. The van der Waals surface area contributed by atoms with E-state index in [4.69, 9.17) is 9.84 Å². The molecule has 2 atom stereocenters. The Hall–Kier alpha value is -2.56. The zero-order valence-electron chi connectivity index (χ0n) is 15.0. The molecule has 0 bridgehead atoms. The molecule has 3 rings (SSSR count). The Bertz CT molecular complexity index is 765. The molecule has 0 spiro atoms. The number of benzene rings is 1. The van der Waals surface area contributed by atoms with Gasteiger partial charge in [0.15, 0.2) is 0 Å². The number of carbonyl (C=O) groups is 1. The van der Waals surface area contributed by atoms with Crippen molar-refractivity contribution in [2.45, 2.75) is 45.6 Å². The van der Waals surface area contributed by atoms with Crippen LogP contribution in [0.1, 0.15) is 42.6 Å². The minimum atomic E-state index is -0.342. The monoisotopic (exact) mass is 339 g/mol. The molecule has 0 aliphatic heterocycles. The van der Waals surface area contributed by atoms with Crippen LogP contribution in [0.3, 0.4) is 0 Å². The van der Waals surface area contributed by atoms with Crippen LogP contribution in [0.25, 0.3) is 5.69 Å². The molecule has 132 valence electrons. The number of ether oxygens (including phenoxy) is 1. The second kappa shape index (κ2) is 7.55. The summed E-state index contributed by atoms with van der Waals surface area (Å²) >= 11 is 0. The summed E-state index contributed by atoms with van der Waals surface area (Å²) in [6, 6.07) is 10.1. The number of alkyl carbamates (subject to hydrolysis) is 1. The second-order valence-electron chi connectivity index (χ2n) is 6.43. The Morgan fingerprint density at radius 3 is 2.76 bits per heavy atom. The van der Waals surface area contributed by atoms with Crippen LogP contribution in [0.15, 0.2) is 42.5 Å². The number of amides is 1. The zero-order chi connectivity index (χ0) is 17.8. The molecule has 0 radical (unpaired) electrons. The van der Waals surface area contributed by atoms with Gasteiger partial charge in [0.25, 0.3) is 0 Å². The average molecular weight is 339 g/mol. The molecule has 1 aromatic carbocycles. The molecule has 1 N–H and O–H groups in total. The molecule has 1 aromatic heterocycles. The smallest absolute Gasteiger partial charge is 0.407 e. The van der Waals surface area contributed by atoms with Gasteiger partial charge in [-0.1, -0.05) is 31.2 Å². The molecular weight excluding hydrogens is 314 g/mol. The maximum absolute atomic E-state index is 11.7. The van der Waals surface area contributed by atoms with E-state index < -0.39 is 0 Å². The molecule has 1 amide bonds. The highest BCUT2D eigenvalue weighted by molar-refractivity contribution is 5.67. The number of nitrogens with one attached hydrogen (secondary N) is 1. The molecule has 1 heterocycles. The first-order valence-electron chi connectivity index (χ1n) is 8.84. The van der Waals surface area contributed by atoms with Crippen molar-refractivity contribution in [3.63, 3.8) is 0 Å². The summed E-state index contributed by atoms with van der Waals surface area (Å²) in [5, 5.41) is 7.46. The summed E-state index contributed by atoms with van der Waals surface area (Å²) in [5.74, 6) is 0.224. The van der Waals surface area contributed by atoms with Crippen LogP contribution >= 0.6 is 0 Å². The molecule has 5 heteroatoms. The van der Waals surface area contributed by atoms with Crippen LogP contribution in [0.4, 0.5) is 4.79 Å². The van der Waals surface area contributed by atoms with Gasteiger partial charge >= 0.3 is 6.09 Å². The highest BCUT2D eigenvalue weighted by Crippen LogP contribution is 2.34. The van der Waals surface area contributed by atoms with Gasteiger partial charge in [0.1, 0.15) is 6.10 Å². The largest absolute Gasteiger partial charge is 0.442 e. The van der Waals surface area contributed by atoms with Crippen molar-refractivity contribution in [1.29, 1.82) is 0 Å². The maximum Gasteiger partial charge on any atom is 0.407 e. The molecule has 1 aliphatic carbocycles. The first-order valence-corrected chi connectivity index (χ1v) is 8.84. The maximum atomic E-state index is 11.7. The fourth-order valence-electron chi connectivity index (χ4n) is 3.39. The lowest BCUT2D eigenvalue weighted by Gasteiger charge is -2.14. The van der Waals surface area contributed by atoms with E-state index in [1.54, 1.807) is 0 Å². The molecule has 1 aliphatic rings. The van der Waals surface area contributed by atoms with E-state index in [9.17, 15) is 4.79 Å². The Morgan fingerprint density at radius 2 is 2.04 bits per heavy atom. The summed E-state index contributed by atoms with van der Waals surface area (Å²) in [5.41, 5.74) is 4.43. The van der Waals surface area contributed by atoms with Gasteiger partial charge < -0.3 is 10.1 Å². The lowest BCUT2D eigenvalue weighted by molar-refractivity contribution is 0.118. The van der Waals surface area contributed by atoms with E-state index in [0.717, 1.165) is 29.9 Å². The number of carbonyl (C=O) groups excluding carboxylic acids is 1. The first-order chi connectivity index (χ1) is 12.1. The van der Waals surface area contributed by atoms with E-state index in [-0.39, 0.29) is 18.1 Å². The fraction of sp³-hybridized carbons (Fsp3) is 0.400. The van der Waals surface area contributed by atoms with Crippen molar-refractivity contribution in [1.82, 2.24) is 15.1 Å². The van der Waals surface area contributed by atoms with E-state index >= 15 is 0 Å². The lowest BCUT2D eigenvalue weighted by Crippen LogP contribution is -2.28. The van der Waals surface area contributed by atoms with Gasteiger partial charge in [-0.2, -0.15) is 5.10 Å². The van der Waals surface area contributed by atoms with Crippen LogP contribution in [-0.4, -0.2) is 28.5 Å². The highest BCUT2D eigenvalue weighted by Gasteiger charge is 2.28. The predicted molar refractivity (Wildman–Crippen MR) is 98.1 cm³/mol. The number of hydrogen-bond donors (Lipinski definition) is 1. The van der Waals surface area contributed by atoms with Crippen molar-refractivity contribution in [2.75, 3.05) is 6.54 Å². The Morgan fingerprint density at radius 1 is 1.28 bits per heavy atom. The normalized spacial score (nSPS) is 19.2. The standard InChI is InChI=1S/C20H25N3O2/c1-4-12-21-20(24)25-18-11-10-16(13-18)19-14(2)22-23(15(19)3)17-8-6-5-7-9-17/h5-11,16,18H,4,12-13H2,1-3H3,(H,21,24)/t16-,18+/m0/s1. The van der Waals surface area contributed by atoms with Gasteiger partial charge in [0.05, 0.1) is 11.4 Å². The van der Waals surface area contributed by atoms with Crippen molar-refractivity contribution in [3.8, 4) is 5.69 Å². The van der Waals surface area contributed by atoms with Crippen molar-refractivity contribution in [2.24, 2.45) is 0 Å². The molecule has 2 aromatic rings. The Balaban J connectivity index is 1.73. The van der Waals surface area contributed by atoms with Crippen LogP contribution in [-0.2, 0) is 4.74 Å². The van der Waals surface area contributed by atoms with Crippen molar-refractivity contribution in [3.05, 3.63) is 59.4 Å². The Kier molecular flexibility index (Phi) is 5.22. The predicted octanol–water partition coefficient (Wildman–Crippen LogP) is 4.04. The van der Waals surface area contributed by atoms with Crippen LogP contribution in [0.2, 0.25) is 0 Å². The van der Waals surface area contributed by atoms with Crippen LogP contribution in [0, 0.1) is 13.8 Å². The molecule has 0 saturated carbocycles. The molecule has 5 nitrogen and oxygen atoms in total. The summed E-state index contributed by atoms with van der Waals surface area (Å²) in [6.07, 6.45) is 5.25. The number of nitrogens with zero attached hydrogens (tertiary/aromatic N) is 2. The summed E-state index contributed by atoms with van der Waals surface area (Å²) in [7, 11) is 0. The first kappa shape index (κ1) is 17.3. The number of allylic oxidation sites excluding steroid dienone is 1. The third kappa shape index (κ3) is 3.76. The third-order valence-corrected chi connectivity index (χ3v) is 4.54. The van der Waals surface area contributed by atoms with Crippen molar-refractivity contribution < 1.29 is 9.53 Å². The molecule has 25 heavy (non-hydrogen) atoms. The molecule has 0 unspecified atom stereocenters. The minimum Gasteiger partial charge on any atom is -0.442 e. The topological polar surface area (TPSA) is 56.1 Å². The third-order valence-electron chi connectivity index (χ3n) is 4.54. The summed E-state index contributed by atoms with van der Waals surface area (Å²) in [6.45, 7) is 6.79. The van der Waals surface area contributed by atoms with Crippen LogP contribution in [0.5, 0.6) is 0 Å². The fourth-order valence-corrected chi connectivity index (χ4v) is 3.39. The number of aromatic nitrogens is 2. The van der Waals surface area contributed by atoms with Gasteiger partial charge in [-0.25, -0.2) is 9.48 Å². The van der Waals surface area contributed by atoms with Gasteiger partial charge in [-0.05, 0) is 44.9 Å². The van der Waals surface area contributed by atoms with Crippen molar-refractivity contribution >= 4 is 6.09 Å². The minimum absolute atomic E-state index is 0.180. The Labute approximate surface area is 148 Å². The number of hydrogen-bond acceptors (Lipinski definition) is 3. The molecule has 0 fully saturated rings. The quantitative estimate of drug-likeness (QED) is 0.837. The van der Waals surface area contributed by atoms with Gasteiger partial charge in [-0.3, -0.25) is 0 Å². The van der Waals surface area contributed by atoms with Crippen LogP contribution < -0.4 is 5.32 Å². The zero-order valence-corrected chi connectivity index (χ0v) is 15.0.